The molecule has 9 heteroatoms. The van der Waals surface area contributed by atoms with E-state index in [9.17, 15) is 4.79 Å². The van der Waals surface area contributed by atoms with E-state index in [0.29, 0.717) is 29.1 Å². The number of piperidine rings is 1. The van der Waals surface area contributed by atoms with Crippen molar-refractivity contribution in [1.82, 2.24) is 29.3 Å². The number of aromatic nitrogens is 4. The highest BCUT2D eigenvalue weighted by Crippen LogP contribution is 2.40. The molecule has 1 amide bonds. The molecule has 3 aromatic heterocycles. The number of imidazole rings is 1. The summed E-state index contributed by atoms with van der Waals surface area (Å²) in [5, 5.41) is 4.65. The lowest BCUT2D eigenvalue weighted by molar-refractivity contribution is 0.0700. The molecule has 4 fully saturated rings. The molecule has 2 aliphatic carbocycles. The second-order valence-electron chi connectivity index (χ2n) is 12.4. The van der Waals surface area contributed by atoms with Crippen molar-refractivity contribution in [3.05, 3.63) is 42.1 Å². The largest absolute Gasteiger partial charge is 0.494 e. The number of nitrogens with one attached hydrogen (secondary N) is 1. The van der Waals surface area contributed by atoms with E-state index in [2.05, 4.69) is 26.6 Å². The lowest BCUT2D eigenvalue weighted by atomic mass is 10.1. The predicted molar refractivity (Wildman–Crippen MR) is 154 cm³/mol. The van der Waals surface area contributed by atoms with Crippen molar-refractivity contribution in [2.75, 3.05) is 26.7 Å². The Morgan fingerprint density at radius 2 is 1.98 bits per heavy atom. The predicted octanol–water partition coefficient (Wildman–Crippen LogP) is 3.64. The highest BCUT2D eigenvalue weighted by atomic mass is 16.5. The van der Waals surface area contributed by atoms with Crippen LogP contribution in [0.2, 0.25) is 0 Å². The highest BCUT2D eigenvalue weighted by Gasteiger charge is 2.47. The van der Waals surface area contributed by atoms with Crippen LogP contribution in [0.15, 0.2) is 36.5 Å². The Balaban J connectivity index is 1.29. The van der Waals surface area contributed by atoms with Crippen LogP contribution in [0.4, 0.5) is 0 Å². The number of hydrogen-bond acceptors (Lipinski definition) is 6. The van der Waals surface area contributed by atoms with E-state index in [-0.39, 0.29) is 18.0 Å². The summed E-state index contributed by atoms with van der Waals surface area (Å²) in [5.41, 5.74) is 10.9. The molecule has 2 aliphatic heterocycles. The average molecular weight is 540 g/mol. The quantitative estimate of drug-likeness (QED) is 0.372. The van der Waals surface area contributed by atoms with E-state index in [1.165, 1.54) is 12.8 Å². The normalized spacial score (nSPS) is 26.0. The molecule has 5 heterocycles. The van der Waals surface area contributed by atoms with Crippen LogP contribution >= 0.6 is 0 Å². The molecule has 0 radical (unpaired) electrons. The first-order chi connectivity index (χ1) is 19.6. The fourth-order valence-corrected chi connectivity index (χ4v) is 7.47. The number of amides is 1. The van der Waals surface area contributed by atoms with Crippen LogP contribution in [0, 0.1) is 17.8 Å². The number of carbonyl (C=O) groups is 1. The van der Waals surface area contributed by atoms with Crippen LogP contribution < -0.4 is 15.8 Å². The van der Waals surface area contributed by atoms with E-state index >= 15 is 0 Å². The first-order valence-corrected chi connectivity index (χ1v) is 14.9. The van der Waals surface area contributed by atoms with Crippen LogP contribution in [0.3, 0.4) is 0 Å². The van der Waals surface area contributed by atoms with E-state index in [1.54, 1.807) is 7.11 Å². The third kappa shape index (κ3) is 3.85. The average Bonchev–Trinajstić information content (AvgIpc) is 3.34. The number of likely N-dealkylation sites (tertiary alicyclic amines) is 1. The lowest BCUT2D eigenvalue weighted by Gasteiger charge is -2.27. The third-order valence-electron chi connectivity index (χ3n) is 9.81. The fourth-order valence-electron chi connectivity index (χ4n) is 7.47. The van der Waals surface area contributed by atoms with Gasteiger partial charge in [0.05, 0.1) is 18.3 Å². The minimum absolute atomic E-state index is 0.0333. The number of hydrogen-bond donors (Lipinski definition) is 2. The summed E-state index contributed by atoms with van der Waals surface area (Å²) in [6.07, 6.45) is 7.63. The molecule has 208 valence electrons. The second kappa shape index (κ2) is 9.31. The maximum Gasteiger partial charge on any atom is 0.254 e. The van der Waals surface area contributed by atoms with Crippen molar-refractivity contribution in [2.24, 2.45) is 23.5 Å². The first-order valence-electron chi connectivity index (χ1n) is 14.9. The first kappa shape index (κ1) is 24.4. The van der Waals surface area contributed by atoms with Crippen LogP contribution in [0.25, 0.3) is 33.6 Å². The molecule has 8 rings (SSSR count). The van der Waals surface area contributed by atoms with E-state index in [4.69, 9.17) is 20.4 Å². The van der Waals surface area contributed by atoms with Gasteiger partial charge in [0.25, 0.3) is 5.91 Å². The molecule has 4 atom stereocenters. The number of carbonyl (C=O) groups excluding carboxylic acids is 1. The van der Waals surface area contributed by atoms with Gasteiger partial charge in [-0.25, -0.2) is 9.97 Å². The summed E-state index contributed by atoms with van der Waals surface area (Å²) in [6, 6.07) is 10.5. The van der Waals surface area contributed by atoms with Gasteiger partial charge in [0.1, 0.15) is 16.9 Å². The number of nitrogens with zero attached hydrogens (tertiary/aromatic N) is 5. The molecule has 2 saturated carbocycles. The Hall–Kier alpha value is -3.43. The van der Waals surface area contributed by atoms with Crippen LogP contribution in [0.1, 0.15) is 42.5 Å². The van der Waals surface area contributed by atoms with Gasteiger partial charge in [0.2, 0.25) is 0 Å². The third-order valence-corrected chi connectivity index (χ3v) is 9.81. The number of pyridine rings is 1. The Morgan fingerprint density at radius 1 is 1.10 bits per heavy atom. The number of methoxy groups -OCH3 is 1. The highest BCUT2D eigenvalue weighted by molar-refractivity contribution is 6.00. The summed E-state index contributed by atoms with van der Waals surface area (Å²) in [4.78, 5) is 25.8. The standard InChI is InChI=1S/C31H37N7O2/c1-40-26-13-22(31(39)37-17-21-6-7-24(37)27(21)32)11-23-28(26)38(16-19-8-10-33-14-19)30(35-23)25-12-20-3-2-9-34-29(20)36(25)15-18-4-5-18/h2-3,9,11-13,18-19,21,24,27,33H,4-8,10,14-17,32H2,1H3/t19-,21?,24?,27+/m0/s1. The summed E-state index contributed by atoms with van der Waals surface area (Å²) in [5.74, 6) is 3.25. The van der Waals surface area contributed by atoms with Gasteiger partial charge in [-0.05, 0) is 93.3 Å². The maximum atomic E-state index is 13.8. The number of fused-ring (bicyclic) bond motifs is 4. The molecule has 9 nitrogen and oxygen atoms in total. The SMILES string of the molecule is COc1cc(C(=O)N2CC3CCC2[C@@H]3N)cc2nc(-c3cc4cccnc4n3CC3CC3)n(C[C@H]3CCNC3)c12. The van der Waals surface area contributed by atoms with Crippen molar-refractivity contribution in [3.8, 4) is 17.3 Å². The monoisotopic (exact) mass is 539 g/mol. The molecule has 0 spiro atoms. The Morgan fingerprint density at radius 3 is 2.70 bits per heavy atom. The Labute approximate surface area is 233 Å². The topological polar surface area (TPSA) is 103 Å². The van der Waals surface area contributed by atoms with E-state index in [1.807, 2.05) is 29.3 Å². The lowest BCUT2D eigenvalue weighted by Crippen LogP contribution is -2.41. The van der Waals surface area contributed by atoms with Crippen molar-refractivity contribution in [3.63, 3.8) is 0 Å². The minimum Gasteiger partial charge on any atom is -0.494 e. The molecule has 1 aromatic carbocycles. The summed E-state index contributed by atoms with van der Waals surface area (Å²) < 4.78 is 10.7. The van der Waals surface area contributed by atoms with Crippen LogP contribution in [0.5, 0.6) is 5.75 Å². The zero-order chi connectivity index (χ0) is 27.0. The Kier molecular flexibility index (Phi) is 5.67. The number of nitrogens with two attached hydrogens (primary N) is 1. The zero-order valence-corrected chi connectivity index (χ0v) is 23.1. The van der Waals surface area contributed by atoms with Gasteiger partial charge in [-0.2, -0.15) is 0 Å². The van der Waals surface area contributed by atoms with Gasteiger partial charge in [0, 0.05) is 48.9 Å². The number of rotatable bonds is 7. The van der Waals surface area contributed by atoms with Crippen LogP contribution in [-0.2, 0) is 13.1 Å². The molecule has 2 bridgehead atoms. The number of ether oxygens (including phenoxy) is 1. The van der Waals surface area contributed by atoms with E-state index < -0.39 is 0 Å². The van der Waals surface area contributed by atoms with Gasteiger partial charge < -0.3 is 29.8 Å². The number of benzene rings is 1. The smallest absolute Gasteiger partial charge is 0.254 e. The van der Waals surface area contributed by atoms with Crippen molar-refractivity contribution in [1.29, 1.82) is 0 Å². The summed E-state index contributed by atoms with van der Waals surface area (Å²) >= 11 is 0. The van der Waals surface area contributed by atoms with Gasteiger partial charge in [-0.3, -0.25) is 4.79 Å². The van der Waals surface area contributed by atoms with Crippen molar-refractivity contribution in [2.45, 2.75) is 57.3 Å². The minimum atomic E-state index is 0.0333. The molecule has 4 aromatic rings. The van der Waals surface area contributed by atoms with Gasteiger partial charge in [-0.15, -0.1) is 0 Å². The molecule has 2 saturated heterocycles. The van der Waals surface area contributed by atoms with Gasteiger partial charge >= 0.3 is 0 Å². The van der Waals surface area contributed by atoms with Gasteiger partial charge in [0.15, 0.2) is 5.82 Å². The van der Waals surface area contributed by atoms with Gasteiger partial charge in [-0.1, -0.05) is 0 Å². The van der Waals surface area contributed by atoms with E-state index in [0.717, 1.165) is 85.6 Å². The molecular formula is C31H37N7O2. The molecule has 3 N–H and O–H groups in total. The summed E-state index contributed by atoms with van der Waals surface area (Å²) in [6.45, 7) is 4.55. The second-order valence-corrected chi connectivity index (χ2v) is 12.4. The zero-order valence-electron chi connectivity index (χ0n) is 23.1. The summed E-state index contributed by atoms with van der Waals surface area (Å²) in [7, 11) is 1.69. The molecular weight excluding hydrogens is 502 g/mol. The van der Waals surface area contributed by atoms with Crippen molar-refractivity contribution < 1.29 is 9.53 Å². The molecule has 2 unspecified atom stereocenters. The maximum absolute atomic E-state index is 13.8. The molecule has 40 heavy (non-hydrogen) atoms. The van der Waals surface area contributed by atoms with Crippen molar-refractivity contribution >= 4 is 28.0 Å². The molecule has 4 aliphatic rings. The fraction of sp³-hybridized carbons (Fsp3) is 0.516. The Bertz CT molecular complexity index is 1610. The van der Waals surface area contributed by atoms with Crippen LogP contribution in [-0.4, -0.2) is 68.7 Å².